The number of nitrogens with zero attached hydrogens (tertiary/aromatic N) is 4. The Balaban J connectivity index is 2.01. The number of nitrogen functional groups attached to an aromatic ring is 1. The molecular formula is C13H20N6O. The number of aromatic nitrogens is 4. The van der Waals surface area contributed by atoms with Crippen LogP contribution >= 0.6 is 0 Å². The first-order chi connectivity index (χ1) is 9.79. The normalized spacial score (nSPS) is 16.6. The van der Waals surface area contributed by atoms with Crippen molar-refractivity contribution in [2.45, 2.75) is 38.1 Å². The van der Waals surface area contributed by atoms with Crippen molar-refractivity contribution in [2.75, 3.05) is 23.8 Å². The molecule has 1 aliphatic rings. The number of aliphatic hydroxyl groups excluding tert-OH is 1. The Morgan fingerprint density at radius 3 is 2.85 bits per heavy atom. The summed E-state index contributed by atoms with van der Waals surface area (Å²) >= 11 is 0. The quantitative estimate of drug-likeness (QED) is 0.771. The second-order valence-corrected chi connectivity index (χ2v) is 5.22. The molecule has 2 aromatic rings. The van der Waals surface area contributed by atoms with Crippen LogP contribution in [0.15, 0.2) is 6.33 Å². The Hall–Kier alpha value is -1.89. The molecule has 7 nitrogen and oxygen atoms in total. The zero-order valence-corrected chi connectivity index (χ0v) is 11.4. The molecular weight excluding hydrogens is 256 g/mol. The summed E-state index contributed by atoms with van der Waals surface area (Å²) in [5, 5.41) is 9.38. The smallest absolute Gasteiger partial charge is 0.224 e. The number of aromatic amines is 1. The predicted molar refractivity (Wildman–Crippen MR) is 77.4 cm³/mol. The molecule has 0 bridgehead atoms. The van der Waals surface area contributed by atoms with Crippen molar-refractivity contribution in [3.63, 3.8) is 0 Å². The maximum atomic E-state index is 9.38. The summed E-state index contributed by atoms with van der Waals surface area (Å²) in [6.45, 7) is 0.644. The van der Waals surface area contributed by atoms with E-state index < -0.39 is 0 Å². The van der Waals surface area contributed by atoms with Gasteiger partial charge in [0, 0.05) is 12.6 Å². The van der Waals surface area contributed by atoms with Gasteiger partial charge in [0.2, 0.25) is 5.95 Å². The van der Waals surface area contributed by atoms with Gasteiger partial charge in [-0.3, -0.25) is 0 Å². The van der Waals surface area contributed by atoms with Crippen LogP contribution in [0.25, 0.3) is 11.2 Å². The molecule has 4 N–H and O–H groups in total. The third-order valence-electron chi connectivity index (χ3n) is 3.91. The molecule has 0 saturated heterocycles. The van der Waals surface area contributed by atoms with Gasteiger partial charge < -0.3 is 20.7 Å². The van der Waals surface area contributed by atoms with Crippen LogP contribution in [0.4, 0.5) is 11.8 Å². The molecule has 0 amide bonds. The summed E-state index contributed by atoms with van der Waals surface area (Å²) in [7, 11) is 0. The molecule has 0 spiro atoms. The highest BCUT2D eigenvalue weighted by molar-refractivity contribution is 5.84. The van der Waals surface area contributed by atoms with E-state index in [4.69, 9.17) is 5.73 Å². The van der Waals surface area contributed by atoms with E-state index in [1.54, 1.807) is 6.33 Å². The van der Waals surface area contributed by atoms with Crippen molar-refractivity contribution < 1.29 is 5.11 Å². The van der Waals surface area contributed by atoms with Crippen LogP contribution in [0.1, 0.15) is 32.1 Å². The molecule has 0 aliphatic heterocycles. The lowest BCUT2D eigenvalue weighted by molar-refractivity contribution is 0.289. The highest BCUT2D eigenvalue weighted by Gasteiger charge is 2.24. The maximum Gasteiger partial charge on any atom is 0.224 e. The molecule has 0 radical (unpaired) electrons. The van der Waals surface area contributed by atoms with Gasteiger partial charge in [-0.1, -0.05) is 19.3 Å². The third-order valence-corrected chi connectivity index (χ3v) is 3.91. The van der Waals surface area contributed by atoms with Crippen molar-refractivity contribution in [1.82, 2.24) is 19.9 Å². The van der Waals surface area contributed by atoms with Crippen LogP contribution in [-0.4, -0.2) is 44.2 Å². The fourth-order valence-corrected chi connectivity index (χ4v) is 3.00. The molecule has 0 atom stereocenters. The number of fused-ring (bicyclic) bond motifs is 1. The molecule has 20 heavy (non-hydrogen) atoms. The SMILES string of the molecule is Nc1nc(N(CCO)C2CCCCC2)c2[nH]cnc2n1. The zero-order chi connectivity index (χ0) is 13.9. The minimum Gasteiger partial charge on any atom is -0.395 e. The molecule has 3 rings (SSSR count). The highest BCUT2D eigenvalue weighted by Crippen LogP contribution is 2.29. The van der Waals surface area contributed by atoms with Gasteiger partial charge >= 0.3 is 0 Å². The van der Waals surface area contributed by atoms with E-state index in [9.17, 15) is 5.11 Å². The van der Waals surface area contributed by atoms with E-state index in [1.165, 1.54) is 19.3 Å². The number of anilines is 2. The molecule has 2 heterocycles. The number of nitrogens with one attached hydrogen (secondary N) is 1. The highest BCUT2D eigenvalue weighted by atomic mass is 16.3. The van der Waals surface area contributed by atoms with Gasteiger partial charge in [0.15, 0.2) is 11.5 Å². The molecule has 0 unspecified atom stereocenters. The average Bonchev–Trinajstić information content (AvgIpc) is 2.93. The predicted octanol–water partition coefficient (Wildman–Crippen LogP) is 1.07. The lowest BCUT2D eigenvalue weighted by Gasteiger charge is -2.35. The van der Waals surface area contributed by atoms with E-state index in [2.05, 4.69) is 24.8 Å². The molecule has 0 aromatic carbocycles. The lowest BCUT2D eigenvalue weighted by Crippen LogP contribution is -2.39. The monoisotopic (exact) mass is 276 g/mol. The van der Waals surface area contributed by atoms with Crippen LogP contribution in [-0.2, 0) is 0 Å². The summed E-state index contributed by atoms with van der Waals surface area (Å²) in [5.41, 5.74) is 7.15. The van der Waals surface area contributed by atoms with Gasteiger partial charge in [0.05, 0.1) is 12.9 Å². The Morgan fingerprint density at radius 2 is 2.10 bits per heavy atom. The molecule has 1 fully saturated rings. The van der Waals surface area contributed by atoms with Gasteiger partial charge in [-0.05, 0) is 12.8 Å². The van der Waals surface area contributed by atoms with Gasteiger partial charge in [-0.25, -0.2) is 4.98 Å². The molecule has 1 aliphatic carbocycles. The third kappa shape index (κ3) is 2.40. The Morgan fingerprint density at radius 1 is 1.30 bits per heavy atom. The van der Waals surface area contributed by atoms with Gasteiger partial charge in [-0.15, -0.1) is 0 Å². The van der Waals surface area contributed by atoms with E-state index in [1.807, 2.05) is 0 Å². The van der Waals surface area contributed by atoms with Gasteiger partial charge in [0.1, 0.15) is 5.52 Å². The summed E-state index contributed by atoms with van der Waals surface area (Å²) in [6, 6.07) is 0.400. The van der Waals surface area contributed by atoms with Crippen LogP contribution < -0.4 is 10.6 Å². The van der Waals surface area contributed by atoms with Crippen LogP contribution in [0.2, 0.25) is 0 Å². The van der Waals surface area contributed by atoms with Crippen LogP contribution in [0.5, 0.6) is 0 Å². The number of hydrogen-bond acceptors (Lipinski definition) is 6. The lowest BCUT2D eigenvalue weighted by atomic mass is 9.94. The van der Waals surface area contributed by atoms with Gasteiger partial charge in [0.25, 0.3) is 0 Å². The van der Waals surface area contributed by atoms with Crippen molar-refractivity contribution in [2.24, 2.45) is 0 Å². The maximum absolute atomic E-state index is 9.38. The second-order valence-electron chi connectivity index (χ2n) is 5.22. The second kappa shape index (κ2) is 5.62. The molecule has 1 saturated carbocycles. The first kappa shape index (κ1) is 13.1. The van der Waals surface area contributed by atoms with E-state index in [0.717, 1.165) is 24.2 Å². The summed E-state index contributed by atoms with van der Waals surface area (Å²) in [4.78, 5) is 17.9. The van der Waals surface area contributed by atoms with Crippen molar-refractivity contribution >= 4 is 22.9 Å². The van der Waals surface area contributed by atoms with E-state index in [0.29, 0.717) is 18.2 Å². The zero-order valence-electron chi connectivity index (χ0n) is 11.4. The summed E-state index contributed by atoms with van der Waals surface area (Å²) < 4.78 is 0. The Kier molecular flexibility index (Phi) is 3.68. The Labute approximate surface area is 117 Å². The first-order valence-corrected chi connectivity index (χ1v) is 7.13. The minimum absolute atomic E-state index is 0.0933. The number of H-pyrrole nitrogens is 1. The van der Waals surface area contributed by atoms with E-state index in [-0.39, 0.29) is 12.6 Å². The van der Waals surface area contributed by atoms with Crippen molar-refractivity contribution in [3.8, 4) is 0 Å². The van der Waals surface area contributed by atoms with Crippen molar-refractivity contribution in [3.05, 3.63) is 6.33 Å². The minimum atomic E-state index is 0.0933. The molecule has 7 heteroatoms. The fraction of sp³-hybridized carbons (Fsp3) is 0.615. The topological polar surface area (TPSA) is 104 Å². The molecule has 2 aromatic heterocycles. The average molecular weight is 276 g/mol. The van der Waals surface area contributed by atoms with Gasteiger partial charge in [-0.2, -0.15) is 9.97 Å². The first-order valence-electron chi connectivity index (χ1n) is 7.13. The number of rotatable bonds is 4. The number of aliphatic hydroxyl groups is 1. The standard InChI is InChI=1S/C13H20N6O/c14-13-17-11-10(15-8-16-11)12(18-13)19(6-7-20)9-4-2-1-3-5-9/h8-9,20H,1-7H2,(H3,14,15,16,17,18). The fourth-order valence-electron chi connectivity index (χ4n) is 3.00. The van der Waals surface area contributed by atoms with E-state index >= 15 is 0 Å². The van der Waals surface area contributed by atoms with Crippen LogP contribution in [0, 0.1) is 0 Å². The largest absolute Gasteiger partial charge is 0.395 e. The summed E-state index contributed by atoms with van der Waals surface area (Å²) in [6.07, 6.45) is 7.58. The number of nitrogens with two attached hydrogens (primary N) is 1. The van der Waals surface area contributed by atoms with Crippen LogP contribution in [0.3, 0.4) is 0 Å². The molecule has 108 valence electrons. The van der Waals surface area contributed by atoms with Crippen molar-refractivity contribution in [1.29, 1.82) is 0 Å². The summed E-state index contributed by atoms with van der Waals surface area (Å²) in [5.74, 6) is 0.976. The Bertz CT molecular complexity index is 577. The number of imidazole rings is 1. The number of hydrogen-bond donors (Lipinski definition) is 3.